The topological polar surface area (TPSA) is 79.3 Å². The number of hydrogen-bond donors (Lipinski definition) is 2. The molecule has 2 N–H and O–H groups in total. The molecular weight excluding hydrogens is 403 g/mol. The molecule has 8 heteroatoms. The molecule has 3 aromatic rings. The Morgan fingerprint density at radius 3 is 2.64 bits per heavy atom. The lowest BCUT2D eigenvalue weighted by atomic mass is 9.95. The smallest absolute Gasteiger partial charge is 0.304 e. The van der Waals surface area contributed by atoms with Crippen molar-refractivity contribution in [2.45, 2.75) is 12.8 Å². The van der Waals surface area contributed by atoms with E-state index in [0.717, 1.165) is 5.56 Å². The highest BCUT2D eigenvalue weighted by Gasteiger charge is 2.23. The third kappa shape index (κ3) is 5.15. The molecule has 0 bridgehead atoms. The van der Waals surface area contributed by atoms with Crippen molar-refractivity contribution in [3.8, 4) is 11.3 Å². The number of carboxylic acid groups (broad SMARTS) is 1. The van der Waals surface area contributed by atoms with Gasteiger partial charge in [-0.3, -0.25) is 9.59 Å². The zero-order chi connectivity index (χ0) is 20.1. The minimum atomic E-state index is -1.04. The van der Waals surface area contributed by atoms with Crippen LogP contribution < -0.4 is 5.32 Å². The number of hydrogen-bond acceptors (Lipinski definition) is 4. The van der Waals surface area contributed by atoms with Gasteiger partial charge in [0.1, 0.15) is 5.82 Å². The van der Waals surface area contributed by atoms with Crippen molar-refractivity contribution in [3.05, 3.63) is 70.3 Å². The maximum atomic E-state index is 13.3. The SMILES string of the molecule is O=C(O)CC(Cc1ccccc1)C(=O)Nc1nc(-c2ccc(F)c(Cl)c2)cs1. The first-order valence-electron chi connectivity index (χ1n) is 8.40. The zero-order valence-electron chi connectivity index (χ0n) is 14.6. The summed E-state index contributed by atoms with van der Waals surface area (Å²) in [6.45, 7) is 0. The summed E-state index contributed by atoms with van der Waals surface area (Å²) in [6, 6.07) is 13.5. The number of amides is 1. The lowest BCUT2D eigenvalue weighted by Gasteiger charge is -2.14. The number of halogens is 2. The number of anilines is 1. The molecule has 144 valence electrons. The monoisotopic (exact) mass is 418 g/mol. The molecule has 3 rings (SSSR count). The van der Waals surface area contributed by atoms with Crippen LogP contribution in [0, 0.1) is 11.7 Å². The number of carboxylic acids is 1. The van der Waals surface area contributed by atoms with Crippen molar-refractivity contribution in [1.29, 1.82) is 0 Å². The quantitative estimate of drug-likeness (QED) is 0.573. The van der Waals surface area contributed by atoms with Crippen LogP contribution in [0.15, 0.2) is 53.9 Å². The standard InChI is InChI=1S/C20H16ClFN2O3S/c21-15-9-13(6-7-16(15)22)17-11-28-20(23-17)24-19(27)14(10-18(25)26)8-12-4-2-1-3-5-12/h1-7,9,11,14H,8,10H2,(H,25,26)(H,23,24,27). The molecule has 0 radical (unpaired) electrons. The molecule has 5 nitrogen and oxygen atoms in total. The van der Waals surface area contributed by atoms with Gasteiger partial charge in [0.15, 0.2) is 5.13 Å². The summed E-state index contributed by atoms with van der Waals surface area (Å²) in [4.78, 5) is 28.1. The van der Waals surface area contributed by atoms with Gasteiger partial charge in [0, 0.05) is 10.9 Å². The first-order chi connectivity index (χ1) is 13.4. The molecular formula is C20H16ClFN2O3S. The summed E-state index contributed by atoms with van der Waals surface area (Å²) in [5.74, 6) is -2.71. The highest BCUT2D eigenvalue weighted by molar-refractivity contribution is 7.14. The Morgan fingerprint density at radius 2 is 1.96 bits per heavy atom. The highest BCUT2D eigenvalue weighted by Crippen LogP contribution is 2.28. The van der Waals surface area contributed by atoms with Gasteiger partial charge < -0.3 is 10.4 Å². The second kappa shape index (κ2) is 8.95. The van der Waals surface area contributed by atoms with Crippen LogP contribution in [0.4, 0.5) is 9.52 Å². The van der Waals surface area contributed by atoms with Crippen LogP contribution in [0.5, 0.6) is 0 Å². The molecule has 0 aliphatic carbocycles. The Bertz CT molecular complexity index is 994. The summed E-state index contributed by atoms with van der Waals surface area (Å²) in [7, 11) is 0. The molecule has 1 unspecified atom stereocenters. The Morgan fingerprint density at radius 1 is 1.21 bits per heavy atom. The molecule has 2 aromatic carbocycles. The van der Waals surface area contributed by atoms with Crippen LogP contribution in [0.1, 0.15) is 12.0 Å². The molecule has 0 aliphatic heterocycles. The van der Waals surface area contributed by atoms with Crippen molar-refractivity contribution in [1.82, 2.24) is 4.98 Å². The number of carbonyl (C=O) groups excluding carboxylic acids is 1. The Balaban J connectivity index is 1.73. The third-order valence-electron chi connectivity index (χ3n) is 4.07. The molecule has 28 heavy (non-hydrogen) atoms. The number of carbonyl (C=O) groups is 2. The summed E-state index contributed by atoms with van der Waals surface area (Å²) in [6.07, 6.45) is 0.0251. The van der Waals surface area contributed by atoms with Crippen molar-refractivity contribution in [3.63, 3.8) is 0 Å². The van der Waals surface area contributed by atoms with Crippen LogP contribution in [0.2, 0.25) is 5.02 Å². The van der Waals surface area contributed by atoms with Crippen LogP contribution in [-0.4, -0.2) is 22.0 Å². The average Bonchev–Trinajstić information content (AvgIpc) is 3.12. The predicted molar refractivity (Wildman–Crippen MR) is 107 cm³/mol. The second-order valence-electron chi connectivity index (χ2n) is 6.14. The van der Waals surface area contributed by atoms with E-state index in [1.165, 1.54) is 23.5 Å². The maximum Gasteiger partial charge on any atom is 0.304 e. The van der Waals surface area contributed by atoms with E-state index in [1.807, 2.05) is 30.3 Å². The van der Waals surface area contributed by atoms with E-state index in [2.05, 4.69) is 10.3 Å². The second-order valence-corrected chi connectivity index (χ2v) is 7.41. The Kier molecular flexibility index (Phi) is 6.38. The van der Waals surface area contributed by atoms with Gasteiger partial charge >= 0.3 is 5.97 Å². The van der Waals surface area contributed by atoms with Crippen molar-refractivity contribution >= 4 is 39.9 Å². The molecule has 0 spiro atoms. The van der Waals surface area contributed by atoms with Gasteiger partial charge in [-0.25, -0.2) is 9.37 Å². The number of benzene rings is 2. The van der Waals surface area contributed by atoms with E-state index in [4.69, 9.17) is 16.7 Å². The average molecular weight is 419 g/mol. The summed E-state index contributed by atoms with van der Waals surface area (Å²) < 4.78 is 13.3. The van der Waals surface area contributed by atoms with Crippen molar-refractivity contribution in [2.75, 3.05) is 5.32 Å². The fourth-order valence-electron chi connectivity index (χ4n) is 2.69. The maximum absolute atomic E-state index is 13.3. The van der Waals surface area contributed by atoms with E-state index >= 15 is 0 Å². The van der Waals surface area contributed by atoms with Gasteiger partial charge in [-0.05, 0) is 30.2 Å². The predicted octanol–water partition coefficient (Wildman–Crippen LogP) is 4.87. The number of nitrogens with zero attached hydrogens (tertiary/aromatic N) is 1. The summed E-state index contributed by atoms with van der Waals surface area (Å²) in [5.41, 5.74) is 2.04. The molecule has 1 amide bonds. The van der Waals surface area contributed by atoms with E-state index in [-0.39, 0.29) is 11.4 Å². The molecule has 0 fully saturated rings. The van der Waals surface area contributed by atoms with Gasteiger partial charge in [0.25, 0.3) is 0 Å². The van der Waals surface area contributed by atoms with E-state index in [1.54, 1.807) is 11.4 Å². The highest BCUT2D eigenvalue weighted by atomic mass is 35.5. The van der Waals surface area contributed by atoms with Crippen LogP contribution in [0.25, 0.3) is 11.3 Å². The largest absolute Gasteiger partial charge is 0.481 e. The van der Waals surface area contributed by atoms with Crippen molar-refractivity contribution < 1.29 is 19.1 Å². The zero-order valence-corrected chi connectivity index (χ0v) is 16.1. The lowest BCUT2D eigenvalue weighted by Crippen LogP contribution is -2.27. The fraction of sp³-hybridized carbons (Fsp3) is 0.150. The molecule has 0 saturated heterocycles. The van der Waals surface area contributed by atoms with Crippen molar-refractivity contribution in [2.24, 2.45) is 5.92 Å². The van der Waals surface area contributed by atoms with E-state index in [0.29, 0.717) is 22.8 Å². The van der Waals surface area contributed by atoms with Gasteiger partial charge in [0.2, 0.25) is 5.91 Å². The van der Waals surface area contributed by atoms with Gasteiger partial charge in [0.05, 0.1) is 23.1 Å². The summed E-state index contributed by atoms with van der Waals surface area (Å²) >= 11 is 7.00. The normalized spacial score (nSPS) is 11.8. The molecule has 1 atom stereocenters. The summed E-state index contributed by atoms with van der Waals surface area (Å²) in [5, 5.41) is 13.9. The minimum Gasteiger partial charge on any atom is -0.481 e. The van der Waals surface area contributed by atoms with Crippen LogP contribution in [0.3, 0.4) is 0 Å². The van der Waals surface area contributed by atoms with Crippen LogP contribution in [-0.2, 0) is 16.0 Å². The fourth-order valence-corrected chi connectivity index (χ4v) is 3.60. The number of aliphatic carboxylic acids is 1. The Hall–Kier alpha value is -2.77. The lowest BCUT2D eigenvalue weighted by molar-refractivity contribution is -0.140. The number of nitrogens with one attached hydrogen (secondary N) is 1. The molecule has 0 aliphatic rings. The number of rotatable bonds is 7. The first-order valence-corrected chi connectivity index (χ1v) is 9.65. The van der Waals surface area contributed by atoms with Gasteiger partial charge in [-0.1, -0.05) is 41.9 Å². The Labute approximate surface area is 169 Å². The van der Waals surface area contributed by atoms with E-state index < -0.39 is 23.6 Å². The van der Waals surface area contributed by atoms with Gasteiger partial charge in [-0.15, -0.1) is 11.3 Å². The third-order valence-corrected chi connectivity index (χ3v) is 5.11. The number of thiazole rings is 1. The van der Waals surface area contributed by atoms with Crippen LogP contribution >= 0.6 is 22.9 Å². The van der Waals surface area contributed by atoms with E-state index in [9.17, 15) is 14.0 Å². The minimum absolute atomic E-state index is 0.0135. The number of aromatic nitrogens is 1. The molecule has 0 saturated carbocycles. The first kappa shape index (κ1) is 20.0. The molecule has 1 heterocycles. The molecule has 1 aromatic heterocycles. The van der Waals surface area contributed by atoms with Gasteiger partial charge in [-0.2, -0.15) is 0 Å².